The maximum absolute atomic E-state index is 11.9. The number of rotatable bonds is 3. The lowest BCUT2D eigenvalue weighted by Gasteiger charge is -2.09. The molecule has 0 aliphatic carbocycles. The largest absolute Gasteiger partial charge is 0.387 e. The molecular weight excluding hydrogens is 226 g/mol. The summed E-state index contributed by atoms with van der Waals surface area (Å²) in [4.78, 5) is 11.9. The number of hydrogen-bond acceptors (Lipinski definition) is 3. The molecule has 18 heavy (non-hydrogen) atoms. The molecule has 0 atom stereocenters. The maximum Gasteiger partial charge on any atom is 0.269 e. The van der Waals surface area contributed by atoms with Gasteiger partial charge in [-0.2, -0.15) is 5.10 Å². The third-order valence-electron chi connectivity index (χ3n) is 2.98. The molecule has 0 fully saturated rings. The predicted octanol–water partition coefficient (Wildman–Crippen LogP) is 1.95. The molecule has 0 spiro atoms. The Morgan fingerprint density at radius 1 is 1.28 bits per heavy atom. The van der Waals surface area contributed by atoms with E-state index >= 15 is 0 Å². The highest BCUT2D eigenvalue weighted by atomic mass is 16.1. The van der Waals surface area contributed by atoms with E-state index in [0.29, 0.717) is 6.54 Å². The lowest BCUT2D eigenvalue weighted by molar-refractivity contribution is 0.637. The second kappa shape index (κ2) is 5.04. The molecular formula is C14H17N3O. The normalized spacial score (nSPS) is 10.4. The maximum atomic E-state index is 11.9. The van der Waals surface area contributed by atoms with Crippen molar-refractivity contribution in [2.24, 2.45) is 0 Å². The highest BCUT2D eigenvalue weighted by molar-refractivity contribution is 5.38. The summed E-state index contributed by atoms with van der Waals surface area (Å²) in [7, 11) is 1.77. The molecule has 0 bridgehead atoms. The smallest absolute Gasteiger partial charge is 0.269 e. The highest BCUT2D eigenvalue weighted by Gasteiger charge is 2.03. The van der Waals surface area contributed by atoms with Crippen LogP contribution in [0.5, 0.6) is 0 Å². The Morgan fingerprint density at radius 3 is 2.72 bits per heavy atom. The van der Waals surface area contributed by atoms with Crippen LogP contribution in [0.2, 0.25) is 0 Å². The van der Waals surface area contributed by atoms with E-state index in [4.69, 9.17) is 0 Å². The summed E-state index contributed by atoms with van der Waals surface area (Å²) >= 11 is 0. The van der Waals surface area contributed by atoms with E-state index in [2.05, 4.69) is 28.6 Å². The molecule has 0 aliphatic heterocycles. The second-order valence-electron chi connectivity index (χ2n) is 4.42. The van der Waals surface area contributed by atoms with Crippen LogP contribution in [0.1, 0.15) is 16.7 Å². The Balaban J connectivity index is 2.34. The summed E-state index contributed by atoms with van der Waals surface area (Å²) in [6, 6.07) is 7.78. The minimum Gasteiger partial charge on any atom is -0.387 e. The van der Waals surface area contributed by atoms with Gasteiger partial charge in [-0.1, -0.05) is 23.8 Å². The van der Waals surface area contributed by atoms with Gasteiger partial charge in [-0.05, 0) is 25.0 Å². The van der Waals surface area contributed by atoms with Crippen molar-refractivity contribution in [3.05, 3.63) is 57.5 Å². The summed E-state index contributed by atoms with van der Waals surface area (Å²) in [6.45, 7) is 4.60. The number of nitrogens with one attached hydrogen (secondary N) is 1. The van der Waals surface area contributed by atoms with Crippen LogP contribution in [-0.4, -0.2) is 16.8 Å². The Kier molecular flexibility index (Phi) is 3.46. The number of aryl methyl sites for hydroxylation is 2. The molecule has 0 amide bonds. The Morgan fingerprint density at radius 2 is 2.06 bits per heavy atom. The summed E-state index contributed by atoms with van der Waals surface area (Å²) < 4.78 is 1.47. The molecule has 1 heterocycles. The number of hydrogen-bond donors (Lipinski definition) is 1. The third kappa shape index (κ3) is 2.59. The monoisotopic (exact) mass is 243 g/mol. The number of benzene rings is 1. The van der Waals surface area contributed by atoms with E-state index in [9.17, 15) is 4.79 Å². The Labute approximate surface area is 106 Å². The zero-order valence-corrected chi connectivity index (χ0v) is 10.9. The predicted molar refractivity (Wildman–Crippen MR) is 73.1 cm³/mol. The molecule has 4 nitrogen and oxygen atoms in total. The van der Waals surface area contributed by atoms with E-state index in [1.54, 1.807) is 19.3 Å². The Hall–Kier alpha value is -2.10. The molecule has 0 saturated carbocycles. The van der Waals surface area contributed by atoms with Crippen LogP contribution in [0.3, 0.4) is 0 Å². The first kappa shape index (κ1) is 12.4. The fourth-order valence-electron chi connectivity index (χ4n) is 1.82. The van der Waals surface area contributed by atoms with Crippen LogP contribution >= 0.6 is 0 Å². The van der Waals surface area contributed by atoms with E-state index in [0.717, 1.165) is 11.3 Å². The van der Waals surface area contributed by atoms with Gasteiger partial charge in [-0.25, -0.2) is 4.68 Å². The SMILES string of the molecule is CNc1cnn(Cc2cc(C)ccc2C)c(=O)c1. The van der Waals surface area contributed by atoms with E-state index in [1.807, 2.05) is 13.8 Å². The van der Waals surface area contributed by atoms with E-state index in [1.165, 1.54) is 15.8 Å². The van der Waals surface area contributed by atoms with Crippen LogP contribution in [0.15, 0.2) is 35.3 Å². The third-order valence-corrected chi connectivity index (χ3v) is 2.98. The van der Waals surface area contributed by atoms with Crippen molar-refractivity contribution >= 4 is 5.69 Å². The summed E-state index contributed by atoms with van der Waals surface area (Å²) in [5.74, 6) is 0. The minimum atomic E-state index is -0.0947. The summed E-state index contributed by atoms with van der Waals surface area (Å²) in [5, 5.41) is 7.06. The molecule has 94 valence electrons. The lowest BCUT2D eigenvalue weighted by atomic mass is 10.1. The van der Waals surface area contributed by atoms with Crippen molar-refractivity contribution in [2.45, 2.75) is 20.4 Å². The van der Waals surface area contributed by atoms with E-state index in [-0.39, 0.29) is 5.56 Å². The minimum absolute atomic E-state index is 0.0947. The zero-order valence-electron chi connectivity index (χ0n) is 10.9. The van der Waals surface area contributed by atoms with Crippen LogP contribution in [0.25, 0.3) is 0 Å². The topological polar surface area (TPSA) is 46.9 Å². The van der Waals surface area contributed by atoms with Gasteiger partial charge in [0, 0.05) is 13.1 Å². The van der Waals surface area contributed by atoms with E-state index < -0.39 is 0 Å². The van der Waals surface area contributed by atoms with Crippen molar-refractivity contribution in [1.82, 2.24) is 9.78 Å². The molecule has 0 aliphatic rings. The van der Waals surface area contributed by atoms with Crippen molar-refractivity contribution in [2.75, 3.05) is 12.4 Å². The summed E-state index contributed by atoms with van der Waals surface area (Å²) in [6.07, 6.45) is 1.66. The molecule has 0 radical (unpaired) electrons. The Bertz CT molecular complexity index is 617. The molecule has 1 aromatic heterocycles. The lowest BCUT2D eigenvalue weighted by Crippen LogP contribution is -2.23. The highest BCUT2D eigenvalue weighted by Crippen LogP contribution is 2.11. The summed E-state index contributed by atoms with van der Waals surface area (Å²) in [5.41, 5.74) is 4.13. The molecule has 0 saturated heterocycles. The van der Waals surface area contributed by atoms with Gasteiger partial charge in [0.15, 0.2) is 0 Å². The van der Waals surface area contributed by atoms with Gasteiger partial charge in [0.2, 0.25) is 0 Å². The average Bonchev–Trinajstić information content (AvgIpc) is 2.36. The van der Waals surface area contributed by atoms with Crippen molar-refractivity contribution < 1.29 is 0 Å². The first-order chi connectivity index (χ1) is 8.60. The fraction of sp³-hybridized carbons (Fsp3) is 0.286. The van der Waals surface area contributed by atoms with Crippen LogP contribution in [0.4, 0.5) is 5.69 Å². The standard InChI is InChI=1S/C14H17N3O/c1-10-4-5-11(2)12(6-10)9-17-14(18)7-13(15-3)8-16-17/h4-8,15H,9H2,1-3H3. The molecule has 1 aromatic carbocycles. The number of aromatic nitrogens is 2. The molecule has 2 rings (SSSR count). The van der Waals surface area contributed by atoms with Crippen molar-refractivity contribution in [3.63, 3.8) is 0 Å². The van der Waals surface area contributed by atoms with Gasteiger partial charge in [0.05, 0.1) is 18.4 Å². The quantitative estimate of drug-likeness (QED) is 0.896. The average molecular weight is 243 g/mol. The zero-order chi connectivity index (χ0) is 13.1. The molecule has 4 heteroatoms. The van der Waals surface area contributed by atoms with Gasteiger partial charge >= 0.3 is 0 Å². The van der Waals surface area contributed by atoms with Crippen molar-refractivity contribution in [3.8, 4) is 0 Å². The van der Waals surface area contributed by atoms with Gasteiger partial charge < -0.3 is 5.32 Å². The molecule has 0 unspecified atom stereocenters. The van der Waals surface area contributed by atoms with Crippen molar-refractivity contribution in [1.29, 1.82) is 0 Å². The van der Waals surface area contributed by atoms with Crippen LogP contribution < -0.4 is 10.9 Å². The van der Waals surface area contributed by atoms with Gasteiger partial charge in [0.25, 0.3) is 5.56 Å². The number of anilines is 1. The van der Waals surface area contributed by atoms with Gasteiger partial charge in [-0.3, -0.25) is 4.79 Å². The van der Waals surface area contributed by atoms with Gasteiger partial charge in [-0.15, -0.1) is 0 Å². The fourth-order valence-corrected chi connectivity index (χ4v) is 1.82. The first-order valence-corrected chi connectivity index (χ1v) is 5.91. The molecule has 1 N–H and O–H groups in total. The van der Waals surface area contributed by atoms with Crippen LogP contribution in [0, 0.1) is 13.8 Å². The second-order valence-corrected chi connectivity index (χ2v) is 4.42. The van der Waals surface area contributed by atoms with Gasteiger partial charge in [0.1, 0.15) is 0 Å². The first-order valence-electron chi connectivity index (χ1n) is 5.91. The number of nitrogens with zero attached hydrogens (tertiary/aromatic N) is 2. The van der Waals surface area contributed by atoms with Crippen LogP contribution in [-0.2, 0) is 6.54 Å². The molecule has 2 aromatic rings.